The lowest BCUT2D eigenvalue weighted by Gasteiger charge is -2.18. The summed E-state index contributed by atoms with van der Waals surface area (Å²) in [6.07, 6.45) is 51.0. The molecule has 55 heavy (non-hydrogen) atoms. The zero-order valence-electron chi connectivity index (χ0n) is 37.5. The molecule has 1 atom stereocenters. The molecule has 0 aliphatic rings. The van der Waals surface area contributed by atoms with Gasteiger partial charge < -0.3 is 14.4 Å². The summed E-state index contributed by atoms with van der Waals surface area (Å²) in [5.74, 6) is -0.158. The zero-order chi connectivity index (χ0) is 40.3. The van der Waals surface area contributed by atoms with Crippen molar-refractivity contribution in [1.29, 1.82) is 0 Å². The van der Waals surface area contributed by atoms with Crippen LogP contribution in [-0.4, -0.2) is 50.2 Å². The van der Waals surface area contributed by atoms with Gasteiger partial charge >= 0.3 is 11.9 Å². The molecule has 0 radical (unpaired) electrons. The van der Waals surface area contributed by atoms with Crippen molar-refractivity contribution >= 4 is 11.9 Å². The van der Waals surface area contributed by atoms with E-state index in [2.05, 4.69) is 64.1 Å². The number of unbranched alkanes of at least 4 members (excludes halogenated alkanes) is 22. The Hall–Kier alpha value is -1.88. The van der Waals surface area contributed by atoms with Gasteiger partial charge in [-0.2, -0.15) is 0 Å². The molecule has 0 aromatic heterocycles. The molecule has 0 spiro atoms. The molecule has 1 unspecified atom stereocenters. The molecule has 0 bridgehead atoms. The van der Waals surface area contributed by atoms with E-state index in [4.69, 9.17) is 9.47 Å². The van der Waals surface area contributed by atoms with Crippen LogP contribution in [0, 0.1) is 0 Å². The summed E-state index contributed by atoms with van der Waals surface area (Å²) in [7, 11) is 4.10. The maximum Gasteiger partial charge on any atom is 0.330 e. The standard InChI is InChI=1S/C50H93NO4/c1-6-9-12-14-16-17-18-19-20-21-22-23-24-26-30-35-41-48(55-49(52)43-38-44-51(4)5)42-36-31-27-25-28-32-37-45-54-50(53)46-47(39-33-11-8-3)40-34-29-15-13-10-7-2/h16-17,19-20,46,48H,6-15,18,21-45H2,1-5H3/b17-16-,20-19-,47-46+. The van der Waals surface area contributed by atoms with Crippen LogP contribution in [0.2, 0.25) is 0 Å². The molecule has 5 heteroatoms. The molecule has 0 amide bonds. The van der Waals surface area contributed by atoms with E-state index in [0.29, 0.717) is 13.0 Å². The zero-order valence-corrected chi connectivity index (χ0v) is 37.5. The lowest BCUT2D eigenvalue weighted by atomic mass is 10.00. The number of esters is 2. The molecule has 5 nitrogen and oxygen atoms in total. The second kappa shape index (κ2) is 43.2. The summed E-state index contributed by atoms with van der Waals surface area (Å²) in [5, 5.41) is 0. The van der Waals surface area contributed by atoms with E-state index in [-0.39, 0.29) is 18.0 Å². The fraction of sp³-hybridized carbons (Fsp3) is 0.840. The van der Waals surface area contributed by atoms with E-state index in [1.54, 1.807) is 0 Å². The first kappa shape index (κ1) is 53.1. The molecular weight excluding hydrogens is 679 g/mol. The van der Waals surface area contributed by atoms with Gasteiger partial charge in [-0.05, 0) is 117 Å². The van der Waals surface area contributed by atoms with Crippen molar-refractivity contribution in [2.45, 2.75) is 245 Å². The highest BCUT2D eigenvalue weighted by atomic mass is 16.5. The van der Waals surface area contributed by atoms with Gasteiger partial charge in [0.1, 0.15) is 6.10 Å². The highest BCUT2D eigenvalue weighted by Crippen LogP contribution is 2.20. The second-order valence-corrected chi connectivity index (χ2v) is 16.6. The minimum absolute atomic E-state index is 0.0198. The minimum atomic E-state index is -0.138. The van der Waals surface area contributed by atoms with E-state index >= 15 is 0 Å². The molecule has 0 rings (SSSR count). The number of allylic oxidation sites excluding steroid dienone is 5. The first-order valence-corrected chi connectivity index (χ1v) is 23.9. The fourth-order valence-corrected chi connectivity index (χ4v) is 7.15. The van der Waals surface area contributed by atoms with Gasteiger partial charge in [0.15, 0.2) is 0 Å². The Morgan fingerprint density at radius 3 is 1.55 bits per heavy atom. The van der Waals surface area contributed by atoms with Gasteiger partial charge in [0.05, 0.1) is 6.61 Å². The first-order valence-electron chi connectivity index (χ1n) is 23.9. The summed E-state index contributed by atoms with van der Waals surface area (Å²) in [6.45, 7) is 8.20. The Morgan fingerprint density at radius 1 is 0.509 bits per heavy atom. The third kappa shape index (κ3) is 41.6. The van der Waals surface area contributed by atoms with Crippen LogP contribution in [0.15, 0.2) is 36.0 Å². The molecular formula is C50H93NO4. The Balaban J connectivity index is 4.24. The van der Waals surface area contributed by atoms with E-state index in [9.17, 15) is 9.59 Å². The van der Waals surface area contributed by atoms with Gasteiger partial charge in [-0.15, -0.1) is 0 Å². The van der Waals surface area contributed by atoms with Gasteiger partial charge in [0, 0.05) is 12.5 Å². The molecule has 0 saturated heterocycles. The predicted octanol–water partition coefficient (Wildman–Crippen LogP) is 15.4. The molecule has 0 aromatic rings. The number of hydrogen-bond donors (Lipinski definition) is 0. The summed E-state index contributed by atoms with van der Waals surface area (Å²) in [4.78, 5) is 27.3. The van der Waals surface area contributed by atoms with Crippen LogP contribution in [0.5, 0.6) is 0 Å². The normalized spacial score (nSPS) is 12.7. The summed E-state index contributed by atoms with van der Waals surface area (Å²) in [6, 6.07) is 0. The van der Waals surface area contributed by atoms with Crippen LogP contribution in [0.4, 0.5) is 0 Å². The predicted molar refractivity (Wildman–Crippen MR) is 240 cm³/mol. The summed E-state index contributed by atoms with van der Waals surface area (Å²) >= 11 is 0. The Morgan fingerprint density at radius 2 is 0.964 bits per heavy atom. The van der Waals surface area contributed by atoms with Crippen molar-refractivity contribution in [3.05, 3.63) is 36.0 Å². The van der Waals surface area contributed by atoms with Crippen molar-refractivity contribution in [2.75, 3.05) is 27.2 Å². The lowest BCUT2D eigenvalue weighted by molar-refractivity contribution is -0.150. The van der Waals surface area contributed by atoms with E-state index in [1.165, 1.54) is 153 Å². The maximum atomic E-state index is 12.6. The smallest absolute Gasteiger partial charge is 0.330 e. The molecule has 322 valence electrons. The minimum Gasteiger partial charge on any atom is -0.463 e. The van der Waals surface area contributed by atoms with Crippen molar-refractivity contribution in [3.8, 4) is 0 Å². The SMILES string of the molecule is CCCCC/C=C\C/C=C\CCCCCCCCC(CCCCCCCCCOC(=O)/C=C(\CCCCC)CCCCCCCC)OC(=O)CCCN(C)C. The lowest BCUT2D eigenvalue weighted by Crippen LogP contribution is -2.20. The number of nitrogens with zero attached hydrogens (tertiary/aromatic N) is 1. The second-order valence-electron chi connectivity index (χ2n) is 16.6. The summed E-state index contributed by atoms with van der Waals surface area (Å²) in [5.41, 5.74) is 1.29. The monoisotopic (exact) mass is 772 g/mol. The molecule has 0 heterocycles. The Bertz CT molecular complexity index is 923. The number of rotatable bonds is 42. The van der Waals surface area contributed by atoms with Crippen molar-refractivity contribution in [2.24, 2.45) is 0 Å². The third-order valence-corrected chi connectivity index (χ3v) is 10.7. The van der Waals surface area contributed by atoms with Crippen LogP contribution in [0.1, 0.15) is 239 Å². The molecule has 0 saturated carbocycles. The molecule has 0 fully saturated rings. The fourth-order valence-electron chi connectivity index (χ4n) is 7.15. The van der Waals surface area contributed by atoms with Crippen LogP contribution in [0.3, 0.4) is 0 Å². The first-order chi connectivity index (χ1) is 26.9. The number of carbonyl (C=O) groups excluding carboxylic acids is 2. The quantitative estimate of drug-likeness (QED) is 0.0268. The van der Waals surface area contributed by atoms with E-state index < -0.39 is 0 Å². The molecule has 0 N–H and O–H groups in total. The average Bonchev–Trinajstić information content (AvgIpc) is 3.16. The molecule has 0 aromatic carbocycles. The number of hydrogen-bond acceptors (Lipinski definition) is 5. The highest BCUT2D eigenvalue weighted by Gasteiger charge is 2.14. The van der Waals surface area contributed by atoms with Gasteiger partial charge in [-0.25, -0.2) is 4.79 Å². The number of carbonyl (C=O) groups is 2. The van der Waals surface area contributed by atoms with Gasteiger partial charge in [0.25, 0.3) is 0 Å². The van der Waals surface area contributed by atoms with Crippen LogP contribution >= 0.6 is 0 Å². The van der Waals surface area contributed by atoms with Crippen LogP contribution in [-0.2, 0) is 19.1 Å². The highest BCUT2D eigenvalue weighted by molar-refractivity contribution is 5.82. The third-order valence-electron chi connectivity index (χ3n) is 10.7. The van der Waals surface area contributed by atoms with Crippen LogP contribution < -0.4 is 0 Å². The van der Waals surface area contributed by atoms with Gasteiger partial charge in [-0.3, -0.25) is 4.79 Å². The largest absolute Gasteiger partial charge is 0.463 e. The Labute approximate surface area is 343 Å². The Kier molecular flexibility index (Phi) is 41.8. The average molecular weight is 772 g/mol. The van der Waals surface area contributed by atoms with E-state index in [0.717, 1.165) is 70.8 Å². The van der Waals surface area contributed by atoms with Crippen molar-refractivity contribution < 1.29 is 19.1 Å². The van der Waals surface area contributed by atoms with Crippen molar-refractivity contribution in [1.82, 2.24) is 4.90 Å². The maximum absolute atomic E-state index is 12.6. The van der Waals surface area contributed by atoms with Crippen molar-refractivity contribution in [3.63, 3.8) is 0 Å². The van der Waals surface area contributed by atoms with E-state index in [1.807, 2.05) is 6.08 Å². The number of ether oxygens (including phenoxy) is 2. The van der Waals surface area contributed by atoms with Gasteiger partial charge in [0.2, 0.25) is 0 Å². The molecule has 0 aliphatic carbocycles. The topological polar surface area (TPSA) is 55.8 Å². The van der Waals surface area contributed by atoms with Crippen LogP contribution in [0.25, 0.3) is 0 Å². The van der Waals surface area contributed by atoms with Gasteiger partial charge in [-0.1, -0.05) is 166 Å². The molecule has 0 aliphatic heterocycles. The summed E-state index contributed by atoms with van der Waals surface area (Å²) < 4.78 is 11.6.